The van der Waals surface area contributed by atoms with E-state index in [9.17, 15) is 14.0 Å². The second-order valence-corrected chi connectivity index (χ2v) is 6.61. The van der Waals surface area contributed by atoms with Crippen molar-refractivity contribution in [2.45, 2.75) is 0 Å². The third-order valence-corrected chi connectivity index (χ3v) is 4.60. The minimum atomic E-state index is -0.481. The standard InChI is InChI=1S/C22H14ClFN2O2/c23-15-8-6-14(7-9-15)19-20(25-17-12-10-16(24)11-13-17)22(28)26(21(19)27)18-4-2-1-3-5-18/h1-13,25H. The molecule has 0 unspecified atom stereocenters. The Bertz CT molecular complexity index is 1080. The first kappa shape index (κ1) is 17.9. The lowest BCUT2D eigenvalue weighted by molar-refractivity contribution is -0.120. The molecular weight excluding hydrogens is 379 g/mol. The van der Waals surface area contributed by atoms with Crippen LogP contribution in [0.1, 0.15) is 5.56 Å². The van der Waals surface area contributed by atoms with Gasteiger partial charge in [-0.05, 0) is 54.1 Å². The predicted molar refractivity (Wildman–Crippen MR) is 107 cm³/mol. The molecule has 4 rings (SSSR count). The molecule has 0 atom stereocenters. The number of nitrogens with zero attached hydrogens (tertiary/aromatic N) is 1. The first-order chi connectivity index (χ1) is 13.5. The fourth-order valence-corrected chi connectivity index (χ4v) is 3.15. The summed E-state index contributed by atoms with van der Waals surface area (Å²) in [7, 11) is 0. The Morgan fingerprint density at radius 2 is 1.43 bits per heavy atom. The summed E-state index contributed by atoms with van der Waals surface area (Å²) in [6.07, 6.45) is 0. The van der Waals surface area contributed by atoms with Crippen LogP contribution in [-0.4, -0.2) is 11.8 Å². The molecule has 0 saturated heterocycles. The van der Waals surface area contributed by atoms with Crippen molar-refractivity contribution in [2.24, 2.45) is 0 Å². The number of amides is 2. The number of anilines is 2. The van der Waals surface area contributed by atoms with Gasteiger partial charge >= 0.3 is 0 Å². The number of hydrogen-bond acceptors (Lipinski definition) is 3. The number of hydrogen-bond donors (Lipinski definition) is 1. The SMILES string of the molecule is O=C1C(Nc2ccc(F)cc2)=C(c2ccc(Cl)cc2)C(=O)N1c1ccccc1. The number of imide groups is 1. The van der Waals surface area contributed by atoms with Crippen molar-refractivity contribution in [3.8, 4) is 0 Å². The molecule has 4 nitrogen and oxygen atoms in total. The Morgan fingerprint density at radius 1 is 0.786 bits per heavy atom. The van der Waals surface area contributed by atoms with Crippen LogP contribution in [0.5, 0.6) is 0 Å². The molecule has 6 heteroatoms. The van der Waals surface area contributed by atoms with Gasteiger partial charge in [0.15, 0.2) is 0 Å². The van der Waals surface area contributed by atoms with E-state index in [-0.39, 0.29) is 11.3 Å². The van der Waals surface area contributed by atoms with Crippen molar-refractivity contribution in [1.29, 1.82) is 0 Å². The first-order valence-corrected chi connectivity index (χ1v) is 8.89. The van der Waals surface area contributed by atoms with E-state index in [1.807, 2.05) is 0 Å². The minimum absolute atomic E-state index is 0.128. The molecule has 0 radical (unpaired) electrons. The summed E-state index contributed by atoms with van der Waals surface area (Å²) in [6.45, 7) is 0. The van der Waals surface area contributed by atoms with Crippen molar-refractivity contribution in [3.63, 3.8) is 0 Å². The Hall–Kier alpha value is -3.44. The van der Waals surface area contributed by atoms with Gasteiger partial charge in [0, 0.05) is 10.7 Å². The van der Waals surface area contributed by atoms with E-state index in [0.717, 1.165) is 4.90 Å². The molecule has 0 spiro atoms. The van der Waals surface area contributed by atoms with E-state index in [1.165, 1.54) is 24.3 Å². The zero-order chi connectivity index (χ0) is 19.7. The Morgan fingerprint density at radius 3 is 2.07 bits per heavy atom. The quantitative estimate of drug-likeness (QED) is 0.644. The van der Waals surface area contributed by atoms with Crippen LogP contribution in [-0.2, 0) is 9.59 Å². The number of halogens is 2. The highest BCUT2D eigenvalue weighted by atomic mass is 35.5. The van der Waals surface area contributed by atoms with E-state index in [1.54, 1.807) is 54.6 Å². The van der Waals surface area contributed by atoms with Gasteiger partial charge in [0.1, 0.15) is 11.5 Å². The van der Waals surface area contributed by atoms with Gasteiger partial charge in [0.05, 0.1) is 11.3 Å². The van der Waals surface area contributed by atoms with Gasteiger partial charge in [-0.2, -0.15) is 0 Å². The van der Waals surface area contributed by atoms with Crippen molar-refractivity contribution in [1.82, 2.24) is 0 Å². The van der Waals surface area contributed by atoms with Crippen LogP contribution < -0.4 is 10.2 Å². The van der Waals surface area contributed by atoms with Gasteiger partial charge in [0.2, 0.25) is 0 Å². The predicted octanol–water partition coefficient (Wildman–Crippen LogP) is 4.88. The summed E-state index contributed by atoms with van der Waals surface area (Å²) in [5, 5.41) is 3.50. The molecular formula is C22H14ClFN2O2. The fourth-order valence-electron chi connectivity index (χ4n) is 3.02. The summed E-state index contributed by atoms with van der Waals surface area (Å²) >= 11 is 5.96. The Balaban J connectivity index is 1.81. The lowest BCUT2D eigenvalue weighted by Gasteiger charge is -2.15. The first-order valence-electron chi connectivity index (χ1n) is 8.51. The molecule has 1 aliphatic heterocycles. The molecule has 138 valence electrons. The molecule has 1 N–H and O–H groups in total. The molecule has 0 fully saturated rings. The molecule has 0 aromatic heterocycles. The maximum absolute atomic E-state index is 13.2. The number of carbonyl (C=O) groups is 2. The number of benzene rings is 3. The lowest BCUT2D eigenvalue weighted by atomic mass is 10.0. The maximum atomic E-state index is 13.2. The molecule has 28 heavy (non-hydrogen) atoms. The molecule has 0 saturated carbocycles. The van der Waals surface area contributed by atoms with Gasteiger partial charge < -0.3 is 5.32 Å². The molecule has 3 aromatic carbocycles. The smallest absolute Gasteiger partial charge is 0.282 e. The number of nitrogens with one attached hydrogen (secondary N) is 1. The molecule has 0 bridgehead atoms. The number of rotatable bonds is 4. The highest BCUT2D eigenvalue weighted by Crippen LogP contribution is 2.34. The van der Waals surface area contributed by atoms with Gasteiger partial charge in [-0.1, -0.05) is 41.9 Å². The van der Waals surface area contributed by atoms with Crippen molar-refractivity contribution in [2.75, 3.05) is 10.2 Å². The van der Waals surface area contributed by atoms with Gasteiger partial charge in [-0.25, -0.2) is 9.29 Å². The van der Waals surface area contributed by atoms with Crippen molar-refractivity contribution >= 4 is 40.4 Å². The maximum Gasteiger partial charge on any atom is 0.282 e. The summed E-state index contributed by atoms with van der Waals surface area (Å²) in [4.78, 5) is 27.4. The summed E-state index contributed by atoms with van der Waals surface area (Å²) in [6, 6.07) is 20.9. The van der Waals surface area contributed by atoms with Gasteiger partial charge in [0.25, 0.3) is 11.8 Å². The molecule has 1 heterocycles. The normalized spacial score (nSPS) is 14.0. The number of para-hydroxylation sites is 1. The zero-order valence-corrected chi connectivity index (χ0v) is 15.3. The molecule has 0 aliphatic carbocycles. The van der Waals surface area contributed by atoms with Crippen LogP contribution in [0, 0.1) is 5.82 Å². The monoisotopic (exact) mass is 392 g/mol. The van der Waals surface area contributed by atoms with E-state index in [4.69, 9.17) is 11.6 Å². The fraction of sp³-hybridized carbons (Fsp3) is 0. The minimum Gasteiger partial charge on any atom is -0.350 e. The highest BCUT2D eigenvalue weighted by Gasteiger charge is 2.40. The van der Waals surface area contributed by atoms with Crippen LogP contribution in [0.3, 0.4) is 0 Å². The van der Waals surface area contributed by atoms with Crippen LogP contribution in [0.25, 0.3) is 5.57 Å². The molecule has 1 aliphatic rings. The van der Waals surface area contributed by atoms with E-state index in [2.05, 4.69) is 5.32 Å². The van der Waals surface area contributed by atoms with Crippen molar-refractivity contribution < 1.29 is 14.0 Å². The van der Waals surface area contributed by atoms with Crippen LogP contribution in [0.2, 0.25) is 5.02 Å². The van der Waals surface area contributed by atoms with E-state index in [0.29, 0.717) is 22.0 Å². The van der Waals surface area contributed by atoms with Crippen molar-refractivity contribution in [3.05, 3.63) is 101 Å². The largest absolute Gasteiger partial charge is 0.350 e. The van der Waals surface area contributed by atoms with Crippen LogP contribution in [0.4, 0.5) is 15.8 Å². The zero-order valence-electron chi connectivity index (χ0n) is 14.5. The summed E-state index contributed by atoms with van der Waals surface area (Å²) in [5.41, 5.74) is 1.89. The highest BCUT2D eigenvalue weighted by molar-refractivity contribution is 6.46. The van der Waals surface area contributed by atoms with E-state index >= 15 is 0 Å². The second-order valence-electron chi connectivity index (χ2n) is 6.17. The molecule has 2 amide bonds. The average molecular weight is 393 g/mol. The number of carbonyl (C=O) groups excluding carboxylic acids is 2. The average Bonchev–Trinajstić information content (AvgIpc) is 2.95. The van der Waals surface area contributed by atoms with E-state index < -0.39 is 17.6 Å². The summed E-state index contributed by atoms with van der Waals surface area (Å²) < 4.78 is 13.2. The third kappa shape index (κ3) is 3.28. The van der Waals surface area contributed by atoms with Gasteiger partial charge in [-0.3, -0.25) is 9.59 Å². The molecule has 3 aromatic rings. The van der Waals surface area contributed by atoms with Gasteiger partial charge in [-0.15, -0.1) is 0 Å². The topological polar surface area (TPSA) is 49.4 Å². The third-order valence-electron chi connectivity index (χ3n) is 4.34. The Kier molecular flexibility index (Phi) is 4.67. The Labute approximate surface area is 165 Å². The second kappa shape index (κ2) is 7.29. The lowest BCUT2D eigenvalue weighted by Crippen LogP contribution is -2.32. The summed E-state index contributed by atoms with van der Waals surface area (Å²) in [5.74, 6) is -1.31. The van der Waals surface area contributed by atoms with Crippen LogP contribution >= 0.6 is 11.6 Å². The van der Waals surface area contributed by atoms with Crippen LogP contribution in [0.15, 0.2) is 84.6 Å².